The predicted molar refractivity (Wildman–Crippen MR) is 84.1 cm³/mol. The number of hydrogen-bond donors (Lipinski definition) is 1. The number of nitrogens with one attached hydrogen (secondary N) is 1. The van der Waals surface area contributed by atoms with Gasteiger partial charge >= 0.3 is 0 Å². The Hall–Kier alpha value is -1.73. The minimum Gasteiger partial charge on any atom is -0.308 e. The Kier molecular flexibility index (Phi) is 4.03. The quantitative estimate of drug-likeness (QED) is 0.769. The van der Waals surface area contributed by atoms with E-state index >= 15 is 0 Å². The Labute approximate surface area is 131 Å². The van der Waals surface area contributed by atoms with Crippen LogP contribution >= 0.6 is 15.9 Å². The van der Waals surface area contributed by atoms with Crippen LogP contribution in [0.5, 0.6) is 0 Å². The summed E-state index contributed by atoms with van der Waals surface area (Å²) in [5.74, 6) is 0. The van der Waals surface area contributed by atoms with Crippen molar-refractivity contribution in [3.8, 4) is 0 Å². The molecular formula is C14H17BrN6. The molecule has 3 aromatic rings. The molecule has 0 aromatic carbocycles. The third-order valence-electron chi connectivity index (χ3n) is 3.50. The molecule has 0 radical (unpaired) electrons. The van der Waals surface area contributed by atoms with Crippen LogP contribution < -0.4 is 5.32 Å². The van der Waals surface area contributed by atoms with E-state index in [1.54, 1.807) is 6.20 Å². The van der Waals surface area contributed by atoms with E-state index in [0.717, 1.165) is 34.2 Å². The van der Waals surface area contributed by atoms with Gasteiger partial charge in [0.25, 0.3) is 0 Å². The Morgan fingerprint density at radius 3 is 2.90 bits per heavy atom. The third-order valence-corrected chi connectivity index (χ3v) is 4.11. The van der Waals surface area contributed by atoms with Gasteiger partial charge in [-0.1, -0.05) is 6.92 Å². The molecule has 0 fully saturated rings. The zero-order chi connectivity index (χ0) is 14.8. The van der Waals surface area contributed by atoms with Gasteiger partial charge < -0.3 is 5.32 Å². The highest BCUT2D eigenvalue weighted by atomic mass is 79.9. The Balaban J connectivity index is 2.12. The highest BCUT2D eigenvalue weighted by Gasteiger charge is 2.23. The maximum Gasteiger partial charge on any atom is 0.0896 e. The summed E-state index contributed by atoms with van der Waals surface area (Å²) < 4.78 is 4.87. The predicted octanol–water partition coefficient (Wildman–Crippen LogP) is 2.41. The summed E-state index contributed by atoms with van der Waals surface area (Å²) >= 11 is 3.61. The van der Waals surface area contributed by atoms with Gasteiger partial charge in [0.2, 0.25) is 0 Å². The molecular weight excluding hydrogens is 332 g/mol. The molecule has 0 aliphatic heterocycles. The molecule has 0 saturated heterocycles. The smallest absolute Gasteiger partial charge is 0.0896 e. The SMILES string of the molecule is CCCn1ncc(Br)c1C(NC)c1cnn2ccncc12. The second-order valence-electron chi connectivity index (χ2n) is 4.83. The molecule has 1 unspecified atom stereocenters. The lowest BCUT2D eigenvalue weighted by atomic mass is 10.1. The fourth-order valence-electron chi connectivity index (χ4n) is 2.56. The number of halogens is 1. The molecule has 0 spiro atoms. The van der Waals surface area contributed by atoms with Crippen LogP contribution in [0.4, 0.5) is 0 Å². The average Bonchev–Trinajstić information content (AvgIpc) is 3.07. The lowest BCUT2D eigenvalue weighted by Gasteiger charge is -2.18. The number of aryl methyl sites for hydroxylation is 1. The standard InChI is InChI=1S/C14H17BrN6/c1-3-5-21-14(11(15)8-19-21)13(16-2)10-7-18-20-6-4-17-9-12(10)20/h4,6-9,13,16H,3,5H2,1-2H3. The molecule has 7 heteroatoms. The molecule has 110 valence electrons. The maximum atomic E-state index is 4.45. The molecule has 3 rings (SSSR count). The molecule has 3 heterocycles. The topological polar surface area (TPSA) is 60.0 Å². The van der Waals surface area contributed by atoms with E-state index in [-0.39, 0.29) is 6.04 Å². The van der Waals surface area contributed by atoms with E-state index in [4.69, 9.17) is 0 Å². The van der Waals surface area contributed by atoms with Crippen LogP contribution in [0.3, 0.4) is 0 Å². The third kappa shape index (κ3) is 2.47. The summed E-state index contributed by atoms with van der Waals surface area (Å²) in [4.78, 5) is 4.20. The molecule has 0 aliphatic carbocycles. The number of aromatic nitrogens is 5. The summed E-state index contributed by atoms with van der Waals surface area (Å²) in [6.07, 6.45) is 10.2. The van der Waals surface area contributed by atoms with E-state index in [0.29, 0.717) is 0 Å². The van der Waals surface area contributed by atoms with E-state index in [1.807, 2.05) is 41.0 Å². The summed E-state index contributed by atoms with van der Waals surface area (Å²) in [7, 11) is 1.94. The van der Waals surface area contributed by atoms with Gasteiger partial charge in [0.05, 0.1) is 40.3 Å². The van der Waals surface area contributed by atoms with Gasteiger partial charge in [0.1, 0.15) is 0 Å². The molecule has 1 atom stereocenters. The Bertz CT molecular complexity index is 747. The van der Waals surface area contributed by atoms with Crippen molar-refractivity contribution >= 4 is 21.4 Å². The van der Waals surface area contributed by atoms with Gasteiger partial charge in [0.15, 0.2) is 0 Å². The van der Waals surface area contributed by atoms with Crippen LogP contribution in [0.1, 0.15) is 30.6 Å². The zero-order valence-electron chi connectivity index (χ0n) is 12.0. The zero-order valence-corrected chi connectivity index (χ0v) is 13.6. The van der Waals surface area contributed by atoms with Gasteiger partial charge in [-0.25, -0.2) is 4.52 Å². The second kappa shape index (κ2) is 5.95. The molecule has 6 nitrogen and oxygen atoms in total. The first-order valence-electron chi connectivity index (χ1n) is 6.92. The monoisotopic (exact) mass is 348 g/mol. The molecule has 0 amide bonds. The fraction of sp³-hybridized carbons (Fsp3) is 0.357. The summed E-state index contributed by atoms with van der Waals surface area (Å²) in [6, 6.07) is 0.00937. The van der Waals surface area contributed by atoms with Gasteiger partial charge in [-0.05, 0) is 29.4 Å². The van der Waals surface area contributed by atoms with Gasteiger partial charge in [-0.2, -0.15) is 10.2 Å². The van der Waals surface area contributed by atoms with Crippen LogP contribution in [0.15, 0.2) is 35.5 Å². The van der Waals surface area contributed by atoms with Crippen LogP contribution in [0.25, 0.3) is 5.52 Å². The van der Waals surface area contributed by atoms with Crippen molar-refractivity contribution in [2.75, 3.05) is 7.05 Å². The largest absolute Gasteiger partial charge is 0.308 e. The maximum absolute atomic E-state index is 4.45. The lowest BCUT2D eigenvalue weighted by Crippen LogP contribution is -2.22. The Morgan fingerprint density at radius 2 is 2.14 bits per heavy atom. The molecule has 3 aromatic heterocycles. The highest BCUT2D eigenvalue weighted by molar-refractivity contribution is 9.10. The first-order chi connectivity index (χ1) is 10.3. The Morgan fingerprint density at radius 1 is 1.29 bits per heavy atom. The number of rotatable bonds is 5. The van der Waals surface area contributed by atoms with E-state index in [2.05, 4.69) is 43.4 Å². The van der Waals surface area contributed by atoms with Crippen molar-refractivity contribution in [2.45, 2.75) is 25.9 Å². The minimum absolute atomic E-state index is 0.00937. The summed E-state index contributed by atoms with van der Waals surface area (Å²) in [6.45, 7) is 3.03. The number of hydrogen-bond acceptors (Lipinski definition) is 4. The molecule has 0 saturated carbocycles. The normalized spacial score (nSPS) is 12.9. The first-order valence-corrected chi connectivity index (χ1v) is 7.71. The molecule has 1 N–H and O–H groups in total. The second-order valence-corrected chi connectivity index (χ2v) is 5.68. The minimum atomic E-state index is 0.00937. The number of nitrogens with zero attached hydrogens (tertiary/aromatic N) is 5. The summed E-state index contributed by atoms with van der Waals surface area (Å²) in [5, 5.41) is 12.2. The molecule has 21 heavy (non-hydrogen) atoms. The van der Waals surface area contributed by atoms with E-state index in [1.165, 1.54) is 0 Å². The van der Waals surface area contributed by atoms with Crippen molar-refractivity contribution in [1.82, 2.24) is 29.7 Å². The van der Waals surface area contributed by atoms with E-state index in [9.17, 15) is 0 Å². The first kappa shape index (κ1) is 14.2. The van der Waals surface area contributed by atoms with Crippen LogP contribution in [0, 0.1) is 0 Å². The van der Waals surface area contributed by atoms with Gasteiger partial charge in [-0.3, -0.25) is 9.67 Å². The average molecular weight is 349 g/mol. The van der Waals surface area contributed by atoms with Crippen LogP contribution in [-0.2, 0) is 6.54 Å². The van der Waals surface area contributed by atoms with Crippen LogP contribution in [0.2, 0.25) is 0 Å². The van der Waals surface area contributed by atoms with Crippen molar-refractivity contribution in [1.29, 1.82) is 0 Å². The van der Waals surface area contributed by atoms with Crippen LogP contribution in [-0.4, -0.2) is 31.4 Å². The van der Waals surface area contributed by atoms with Crippen molar-refractivity contribution in [2.24, 2.45) is 0 Å². The van der Waals surface area contributed by atoms with Gasteiger partial charge in [-0.15, -0.1) is 0 Å². The molecule has 0 bridgehead atoms. The highest BCUT2D eigenvalue weighted by Crippen LogP contribution is 2.30. The van der Waals surface area contributed by atoms with Crippen molar-refractivity contribution in [3.63, 3.8) is 0 Å². The summed E-state index contributed by atoms with van der Waals surface area (Å²) in [5.41, 5.74) is 3.19. The van der Waals surface area contributed by atoms with Crippen molar-refractivity contribution in [3.05, 3.63) is 46.7 Å². The van der Waals surface area contributed by atoms with Crippen molar-refractivity contribution < 1.29 is 0 Å². The molecule has 0 aliphatic rings. The lowest BCUT2D eigenvalue weighted by molar-refractivity contribution is 0.534. The van der Waals surface area contributed by atoms with E-state index < -0.39 is 0 Å². The fourth-order valence-corrected chi connectivity index (χ4v) is 3.09. The number of fused-ring (bicyclic) bond motifs is 1. The van der Waals surface area contributed by atoms with Gasteiger partial charge in [0, 0.05) is 24.5 Å².